The van der Waals surface area contributed by atoms with E-state index in [1.54, 1.807) is 23.9 Å². The molecule has 3 aromatic rings. The predicted molar refractivity (Wildman–Crippen MR) is 168 cm³/mol. The van der Waals surface area contributed by atoms with E-state index < -0.39 is 5.97 Å². The fourth-order valence-electron chi connectivity index (χ4n) is 6.54. The molecular weight excluding hydrogens is 576 g/mol. The van der Waals surface area contributed by atoms with E-state index in [-0.39, 0.29) is 30.8 Å². The molecule has 0 bridgehead atoms. The van der Waals surface area contributed by atoms with Gasteiger partial charge in [0, 0.05) is 62.1 Å². The number of pyridine rings is 1. The molecule has 10 heteroatoms. The highest BCUT2D eigenvalue weighted by atomic mass is 32.2. The van der Waals surface area contributed by atoms with E-state index in [9.17, 15) is 9.59 Å². The van der Waals surface area contributed by atoms with Gasteiger partial charge in [0.05, 0.1) is 6.04 Å². The molecule has 1 N–H and O–H groups in total. The molecule has 1 unspecified atom stereocenters. The van der Waals surface area contributed by atoms with Crippen LogP contribution >= 0.6 is 11.8 Å². The minimum Gasteiger partial charge on any atom is -0.482 e. The number of piperidine rings is 1. The van der Waals surface area contributed by atoms with Gasteiger partial charge in [0.25, 0.3) is 0 Å². The summed E-state index contributed by atoms with van der Waals surface area (Å²) in [5, 5.41) is 9.70. The Balaban J connectivity index is 1.06. The number of aliphatic carboxylic acids is 1. The number of rotatable bonds is 10. The number of likely N-dealkylation sites (tertiary alicyclic amines) is 1. The number of aryl methyl sites for hydroxylation is 1. The number of carbonyl (C=O) groups excluding carboxylic acids is 1. The second-order valence-corrected chi connectivity index (χ2v) is 12.9. The van der Waals surface area contributed by atoms with Gasteiger partial charge in [0.1, 0.15) is 10.8 Å². The van der Waals surface area contributed by atoms with E-state index in [0.29, 0.717) is 5.75 Å². The van der Waals surface area contributed by atoms with Gasteiger partial charge in [-0.05, 0) is 74.1 Å². The van der Waals surface area contributed by atoms with Gasteiger partial charge in [-0.25, -0.2) is 14.6 Å². The summed E-state index contributed by atoms with van der Waals surface area (Å²) in [5.74, 6) is -0.468. The molecule has 2 aromatic carbocycles. The Kier molecular flexibility index (Phi) is 9.69. The summed E-state index contributed by atoms with van der Waals surface area (Å²) in [4.78, 5) is 37.3. The van der Waals surface area contributed by atoms with E-state index in [2.05, 4.69) is 58.0 Å². The summed E-state index contributed by atoms with van der Waals surface area (Å²) < 4.78 is 10.8. The highest BCUT2D eigenvalue weighted by Gasteiger charge is 2.45. The van der Waals surface area contributed by atoms with Crippen molar-refractivity contribution in [2.24, 2.45) is 0 Å². The van der Waals surface area contributed by atoms with Gasteiger partial charge in [0.2, 0.25) is 0 Å². The van der Waals surface area contributed by atoms with Crippen LogP contribution in [-0.2, 0) is 16.1 Å². The highest BCUT2D eigenvalue weighted by Crippen LogP contribution is 2.37. The van der Waals surface area contributed by atoms with Crippen LogP contribution < -0.4 is 4.74 Å². The van der Waals surface area contributed by atoms with Crippen molar-refractivity contribution in [1.29, 1.82) is 0 Å². The fraction of sp³-hybridized carbons (Fsp3) is 0.441. The molecule has 9 nitrogen and oxygen atoms in total. The number of aromatic nitrogens is 1. The molecule has 3 aliphatic rings. The summed E-state index contributed by atoms with van der Waals surface area (Å²) in [6, 6.07) is 22.9. The molecule has 3 saturated heterocycles. The third-order valence-electron chi connectivity index (χ3n) is 8.91. The average Bonchev–Trinajstić information content (AvgIpc) is 3.40. The molecule has 4 heterocycles. The molecule has 6 rings (SSSR count). The normalized spacial score (nSPS) is 20.3. The van der Waals surface area contributed by atoms with Crippen molar-refractivity contribution in [3.05, 3.63) is 83.6 Å². The lowest BCUT2D eigenvalue weighted by Gasteiger charge is -2.39. The summed E-state index contributed by atoms with van der Waals surface area (Å²) in [6.45, 7) is 6.66. The number of ether oxygens (including phenoxy) is 2. The smallest absolute Gasteiger partial charge is 0.341 e. The molecule has 0 spiro atoms. The minimum atomic E-state index is -0.997. The first-order valence-electron chi connectivity index (χ1n) is 15.5. The number of nitrogens with zero attached hydrogens (tertiary/aromatic N) is 4. The van der Waals surface area contributed by atoms with Crippen LogP contribution in [0.1, 0.15) is 48.5 Å². The van der Waals surface area contributed by atoms with E-state index in [1.807, 2.05) is 18.2 Å². The Bertz CT molecular complexity index is 1430. The monoisotopic (exact) mass is 616 g/mol. The molecule has 3 aliphatic heterocycles. The van der Waals surface area contributed by atoms with Crippen molar-refractivity contribution < 1.29 is 24.2 Å². The lowest BCUT2D eigenvalue weighted by Crippen LogP contribution is -2.48. The maximum atomic E-state index is 13.9. The first-order valence-corrected chi connectivity index (χ1v) is 16.3. The first kappa shape index (κ1) is 30.4. The van der Waals surface area contributed by atoms with Gasteiger partial charge in [-0.3, -0.25) is 4.90 Å². The van der Waals surface area contributed by atoms with Crippen LogP contribution in [0.4, 0.5) is 4.79 Å². The number of amides is 2. The average molecular weight is 617 g/mol. The maximum absolute atomic E-state index is 13.9. The molecule has 0 saturated carbocycles. The molecular formula is C34H40N4O5S. The number of carboxylic acids is 1. The SMILES string of the molecule is Cc1nc(Sc2ccc(OCC(=O)O)cc2)ccc1CN1CCC(N2C(=O)N(C3CCOCC3)CC2c2ccccc2)CC1. The van der Waals surface area contributed by atoms with Crippen molar-refractivity contribution in [1.82, 2.24) is 19.7 Å². The molecule has 232 valence electrons. The summed E-state index contributed by atoms with van der Waals surface area (Å²) in [6.07, 6.45) is 3.76. The number of carboxylic acid groups (broad SMARTS) is 1. The minimum absolute atomic E-state index is 0.0908. The molecule has 3 fully saturated rings. The zero-order valence-electron chi connectivity index (χ0n) is 25.1. The third kappa shape index (κ3) is 7.20. The second kappa shape index (κ2) is 14.0. The molecule has 1 atom stereocenters. The van der Waals surface area contributed by atoms with Gasteiger partial charge in [-0.2, -0.15) is 0 Å². The Morgan fingerprint density at radius 1 is 0.977 bits per heavy atom. The van der Waals surface area contributed by atoms with Crippen LogP contribution in [0.3, 0.4) is 0 Å². The fourth-order valence-corrected chi connectivity index (χ4v) is 7.38. The Morgan fingerprint density at radius 2 is 1.70 bits per heavy atom. The molecule has 2 amide bonds. The lowest BCUT2D eigenvalue weighted by atomic mass is 9.98. The van der Waals surface area contributed by atoms with Gasteiger partial charge in [-0.15, -0.1) is 0 Å². The van der Waals surface area contributed by atoms with Gasteiger partial charge >= 0.3 is 12.0 Å². The molecule has 0 aliphatic carbocycles. The van der Waals surface area contributed by atoms with Crippen molar-refractivity contribution in [3.8, 4) is 5.75 Å². The largest absolute Gasteiger partial charge is 0.482 e. The number of hydrogen-bond donors (Lipinski definition) is 1. The topological polar surface area (TPSA) is 95.4 Å². The van der Waals surface area contributed by atoms with E-state index in [0.717, 1.165) is 80.7 Å². The Morgan fingerprint density at radius 3 is 2.39 bits per heavy atom. The molecule has 1 aromatic heterocycles. The summed E-state index contributed by atoms with van der Waals surface area (Å²) in [7, 11) is 0. The van der Waals surface area contributed by atoms with Gasteiger partial charge in [-0.1, -0.05) is 48.2 Å². The molecule has 0 radical (unpaired) electrons. The maximum Gasteiger partial charge on any atom is 0.341 e. The Labute approximate surface area is 263 Å². The van der Waals surface area contributed by atoms with Crippen molar-refractivity contribution in [3.63, 3.8) is 0 Å². The zero-order chi connectivity index (χ0) is 30.5. The van der Waals surface area contributed by atoms with Crippen LogP contribution in [0.15, 0.2) is 76.7 Å². The Hall–Kier alpha value is -3.60. The number of benzene rings is 2. The summed E-state index contributed by atoms with van der Waals surface area (Å²) >= 11 is 1.57. The van der Waals surface area contributed by atoms with E-state index in [1.165, 1.54) is 11.1 Å². The van der Waals surface area contributed by atoms with Crippen LogP contribution in [0.5, 0.6) is 5.75 Å². The van der Waals surface area contributed by atoms with E-state index >= 15 is 0 Å². The van der Waals surface area contributed by atoms with Gasteiger partial charge in [0.15, 0.2) is 6.61 Å². The first-order chi connectivity index (χ1) is 21.4. The van der Waals surface area contributed by atoms with E-state index in [4.69, 9.17) is 19.6 Å². The molecule has 44 heavy (non-hydrogen) atoms. The zero-order valence-corrected chi connectivity index (χ0v) is 26.0. The number of hydrogen-bond acceptors (Lipinski definition) is 7. The standard InChI is InChI=1S/C34H40N4O5S/c1-24-26(7-12-32(35-24)44-30-10-8-29(9-11-30)43-23-33(39)40)21-36-17-13-28(14-18-36)38-31(25-5-3-2-4-6-25)22-37(34(38)41)27-15-19-42-20-16-27/h2-12,27-28,31H,13-23H2,1H3,(H,39,40). The summed E-state index contributed by atoms with van der Waals surface area (Å²) in [5.41, 5.74) is 3.46. The van der Waals surface area contributed by atoms with Crippen molar-refractivity contribution >= 4 is 23.8 Å². The van der Waals surface area contributed by atoms with Gasteiger partial charge < -0.3 is 24.4 Å². The van der Waals surface area contributed by atoms with Crippen LogP contribution in [0.2, 0.25) is 0 Å². The van der Waals surface area contributed by atoms with Crippen molar-refractivity contribution in [2.45, 2.75) is 67.2 Å². The quantitative estimate of drug-likeness (QED) is 0.313. The predicted octanol–water partition coefficient (Wildman–Crippen LogP) is 5.63. The third-order valence-corrected chi connectivity index (χ3v) is 9.85. The van der Waals surface area contributed by atoms with Crippen LogP contribution in [0.25, 0.3) is 0 Å². The second-order valence-electron chi connectivity index (χ2n) is 11.8. The highest BCUT2D eigenvalue weighted by molar-refractivity contribution is 7.99. The number of carbonyl (C=O) groups is 2. The number of urea groups is 1. The van der Waals surface area contributed by atoms with Crippen LogP contribution in [-0.4, -0.2) is 88.3 Å². The lowest BCUT2D eigenvalue weighted by molar-refractivity contribution is -0.139. The van der Waals surface area contributed by atoms with Crippen LogP contribution in [0, 0.1) is 6.92 Å². The van der Waals surface area contributed by atoms with Crippen molar-refractivity contribution in [2.75, 3.05) is 39.5 Å².